The smallest absolute Gasteiger partial charge is 0.253 e. The summed E-state index contributed by atoms with van der Waals surface area (Å²) in [5.41, 5.74) is 1.53. The molecule has 0 bridgehead atoms. The Hall–Kier alpha value is -1.62. The molecule has 1 saturated heterocycles. The average molecular weight is 381 g/mol. The summed E-state index contributed by atoms with van der Waals surface area (Å²) in [6.07, 6.45) is 0.828. The van der Waals surface area contributed by atoms with Gasteiger partial charge >= 0.3 is 0 Å². The number of piperidine rings is 1. The minimum Gasteiger partial charge on any atom is -0.338 e. The highest BCUT2D eigenvalue weighted by Crippen LogP contribution is 2.32. The van der Waals surface area contributed by atoms with Gasteiger partial charge in [0.1, 0.15) is 5.82 Å². The van der Waals surface area contributed by atoms with E-state index in [9.17, 15) is 9.18 Å². The van der Waals surface area contributed by atoms with Crippen LogP contribution >= 0.6 is 23.2 Å². The van der Waals surface area contributed by atoms with Gasteiger partial charge in [0.15, 0.2) is 0 Å². The first-order valence-electron chi connectivity index (χ1n) is 8.16. The van der Waals surface area contributed by atoms with Gasteiger partial charge in [-0.05, 0) is 54.9 Å². The van der Waals surface area contributed by atoms with Gasteiger partial charge in [-0.15, -0.1) is 0 Å². The van der Waals surface area contributed by atoms with E-state index in [0.717, 1.165) is 25.1 Å². The van der Waals surface area contributed by atoms with Crippen molar-refractivity contribution >= 4 is 29.1 Å². The predicted octanol–water partition coefficient (Wildman–Crippen LogP) is 4.35. The minimum absolute atomic E-state index is 0.0241. The zero-order valence-corrected chi connectivity index (χ0v) is 15.3. The fraction of sp³-hybridized carbons (Fsp3) is 0.316. The summed E-state index contributed by atoms with van der Waals surface area (Å²) < 4.78 is 13.1. The molecule has 2 atom stereocenters. The van der Waals surface area contributed by atoms with Crippen LogP contribution in [0.25, 0.3) is 0 Å². The first-order chi connectivity index (χ1) is 12.0. The average Bonchev–Trinajstić information content (AvgIpc) is 2.63. The maximum atomic E-state index is 13.1. The number of hydrogen-bond acceptors (Lipinski definition) is 2. The van der Waals surface area contributed by atoms with Crippen molar-refractivity contribution in [3.63, 3.8) is 0 Å². The highest BCUT2D eigenvalue weighted by molar-refractivity contribution is 6.42. The highest BCUT2D eigenvalue weighted by atomic mass is 35.5. The Kier molecular flexibility index (Phi) is 5.62. The van der Waals surface area contributed by atoms with E-state index < -0.39 is 0 Å². The van der Waals surface area contributed by atoms with Crippen LogP contribution in [0.1, 0.15) is 28.3 Å². The summed E-state index contributed by atoms with van der Waals surface area (Å²) in [5, 5.41) is 4.40. The van der Waals surface area contributed by atoms with Gasteiger partial charge < -0.3 is 10.2 Å². The molecular formula is C19H19Cl2FN2O. The SMILES string of the molecule is CN(C(=O)c1ccc(F)cc1)C1CCNCC1c1ccc(Cl)c(Cl)c1. The van der Waals surface area contributed by atoms with Gasteiger partial charge in [-0.25, -0.2) is 4.39 Å². The second kappa shape index (κ2) is 7.73. The third kappa shape index (κ3) is 3.97. The number of carbonyl (C=O) groups is 1. The number of halogens is 3. The van der Waals surface area contributed by atoms with E-state index in [1.807, 2.05) is 12.1 Å². The summed E-state index contributed by atoms with van der Waals surface area (Å²) in [6, 6.07) is 11.3. The Morgan fingerprint density at radius 1 is 1.16 bits per heavy atom. The summed E-state index contributed by atoms with van der Waals surface area (Å²) in [5.74, 6) is -0.357. The van der Waals surface area contributed by atoms with E-state index >= 15 is 0 Å². The molecule has 25 heavy (non-hydrogen) atoms. The molecule has 3 nitrogen and oxygen atoms in total. The molecule has 1 aliphatic heterocycles. The third-order valence-electron chi connectivity index (χ3n) is 4.73. The topological polar surface area (TPSA) is 32.3 Å². The number of likely N-dealkylation sites (N-methyl/N-ethyl adjacent to an activating group) is 1. The van der Waals surface area contributed by atoms with E-state index in [0.29, 0.717) is 15.6 Å². The van der Waals surface area contributed by atoms with Crippen LogP contribution in [-0.4, -0.2) is 37.0 Å². The Morgan fingerprint density at radius 2 is 1.88 bits per heavy atom. The molecule has 2 aromatic rings. The maximum absolute atomic E-state index is 13.1. The molecule has 132 valence electrons. The van der Waals surface area contributed by atoms with Gasteiger partial charge in [-0.3, -0.25) is 4.79 Å². The minimum atomic E-state index is -0.352. The van der Waals surface area contributed by atoms with Crippen LogP contribution in [0.3, 0.4) is 0 Å². The fourth-order valence-corrected chi connectivity index (χ4v) is 3.64. The first-order valence-corrected chi connectivity index (χ1v) is 8.91. The van der Waals surface area contributed by atoms with Crippen LogP contribution in [0.2, 0.25) is 10.0 Å². The number of amides is 1. The molecule has 1 fully saturated rings. The van der Waals surface area contributed by atoms with Gasteiger partial charge in [0.05, 0.1) is 10.0 Å². The normalized spacial score (nSPS) is 20.3. The molecule has 0 radical (unpaired) electrons. The van der Waals surface area contributed by atoms with Crippen molar-refractivity contribution in [2.45, 2.75) is 18.4 Å². The molecular weight excluding hydrogens is 362 g/mol. The van der Waals surface area contributed by atoms with Crippen molar-refractivity contribution in [3.8, 4) is 0 Å². The van der Waals surface area contributed by atoms with Crippen molar-refractivity contribution in [2.24, 2.45) is 0 Å². The Morgan fingerprint density at radius 3 is 2.56 bits per heavy atom. The Balaban J connectivity index is 1.85. The Labute approximate surface area is 156 Å². The molecule has 3 rings (SSSR count). The second-order valence-electron chi connectivity index (χ2n) is 6.26. The largest absolute Gasteiger partial charge is 0.338 e. The molecule has 2 unspecified atom stereocenters. The van der Waals surface area contributed by atoms with Crippen molar-refractivity contribution in [3.05, 3.63) is 69.5 Å². The van der Waals surface area contributed by atoms with E-state index in [2.05, 4.69) is 5.32 Å². The van der Waals surface area contributed by atoms with Gasteiger partial charge in [0, 0.05) is 31.1 Å². The fourth-order valence-electron chi connectivity index (χ4n) is 3.34. The van der Waals surface area contributed by atoms with E-state index in [1.54, 1.807) is 18.0 Å². The number of rotatable bonds is 3. The van der Waals surface area contributed by atoms with Crippen LogP contribution in [0.4, 0.5) is 4.39 Å². The lowest BCUT2D eigenvalue weighted by Crippen LogP contribution is -2.49. The van der Waals surface area contributed by atoms with Crippen LogP contribution in [-0.2, 0) is 0 Å². The molecule has 1 N–H and O–H groups in total. The quantitative estimate of drug-likeness (QED) is 0.858. The van der Waals surface area contributed by atoms with Crippen molar-refractivity contribution < 1.29 is 9.18 Å². The summed E-state index contributed by atoms with van der Waals surface area (Å²) in [7, 11) is 1.80. The molecule has 0 saturated carbocycles. The van der Waals surface area contributed by atoms with Gasteiger partial charge in [-0.2, -0.15) is 0 Å². The third-order valence-corrected chi connectivity index (χ3v) is 5.47. The van der Waals surface area contributed by atoms with Crippen LogP contribution in [0.5, 0.6) is 0 Å². The molecule has 1 amide bonds. The lowest BCUT2D eigenvalue weighted by Gasteiger charge is -2.39. The van der Waals surface area contributed by atoms with Crippen LogP contribution < -0.4 is 5.32 Å². The number of benzene rings is 2. The number of hydrogen-bond donors (Lipinski definition) is 1. The van der Waals surface area contributed by atoms with Crippen LogP contribution in [0, 0.1) is 5.82 Å². The Bertz CT molecular complexity index is 767. The predicted molar refractivity (Wildman–Crippen MR) is 99.0 cm³/mol. The maximum Gasteiger partial charge on any atom is 0.253 e. The summed E-state index contributed by atoms with van der Waals surface area (Å²) in [6.45, 7) is 1.59. The number of carbonyl (C=O) groups excluding carboxylic acids is 1. The van der Waals surface area contributed by atoms with Gasteiger partial charge in [-0.1, -0.05) is 29.3 Å². The number of nitrogens with one attached hydrogen (secondary N) is 1. The van der Waals surface area contributed by atoms with E-state index in [4.69, 9.17) is 23.2 Å². The lowest BCUT2D eigenvalue weighted by atomic mass is 9.85. The molecule has 6 heteroatoms. The molecule has 0 aromatic heterocycles. The number of nitrogens with zero attached hydrogens (tertiary/aromatic N) is 1. The first kappa shape index (κ1) is 18.2. The van der Waals surface area contributed by atoms with E-state index in [1.165, 1.54) is 24.3 Å². The van der Waals surface area contributed by atoms with Crippen molar-refractivity contribution in [1.29, 1.82) is 0 Å². The van der Waals surface area contributed by atoms with Crippen LogP contribution in [0.15, 0.2) is 42.5 Å². The molecule has 0 aliphatic carbocycles. The van der Waals surface area contributed by atoms with Crippen molar-refractivity contribution in [1.82, 2.24) is 10.2 Å². The van der Waals surface area contributed by atoms with Crippen molar-refractivity contribution in [2.75, 3.05) is 20.1 Å². The zero-order valence-electron chi connectivity index (χ0n) is 13.8. The molecule has 2 aromatic carbocycles. The lowest BCUT2D eigenvalue weighted by molar-refractivity contribution is 0.0679. The van der Waals surface area contributed by atoms with E-state index in [-0.39, 0.29) is 23.7 Å². The summed E-state index contributed by atoms with van der Waals surface area (Å²) in [4.78, 5) is 14.5. The molecule has 1 aliphatic rings. The second-order valence-corrected chi connectivity index (χ2v) is 7.08. The zero-order chi connectivity index (χ0) is 18.0. The van der Waals surface area contributed by atoms with Gasteiger partial charge in [0.25, 0.3) is 5.91 Å². The molecule has 0 spiro atoms. The monoisotopic (exact) mass is 380 g/mol. The van der Waals surface area contributed by atoms with Gasteiger partial charge in [0.2, 0.25) is 0 Å². The highest BCUT2D eigenvalue weighted by Gasteiger charge is 2.32. The summed E-state index contributed by atoms with van der Waals surface area (Å²) >= 11 is 12.2. The standard InChI is InChI=1S/C19H19Cl2FN2O/c1-24(19(25)12-2-5-14(22)6-3-12)18-8-9-23-11-15(18)13-4-7-16(20)17(21)10-13/h2-7,10,15,18,23H,8-9,11H2,1H3. The molecule has 1 heterocycles.